The molecule has 0 bridgehead atoms. The molecule has 1 aliphatic heterocycles. The topological polar surface area (TPSA) is 74.9 Å². The number of nitrogens with one attached hydrogen (secondary N) is 1. The van der Waals surface area contributed by atoms with E-state index in [4.69, 9.17) is 4.42 Å². The van der Waals surface area contributed by atoms with Crippen LogP contribution in [0, 0.1) is 12.8 Å². The Hall–Kier alpha value is -2.89. The van der Waals surface area contributed by atoms with Crippen LogP contribution in [-0.4, -0.2) is 24.6 Å². The van der Waals surface area contributed by atoms with Crippen molar-refractivity contribution in [3.05, 3.63) is 54.0 Å². The summed E-state index contributed by atoms with van der Waals surface area (Å²) in [6, 6.07) is 12.9. The Kier molecular flexibility index (Phi) is 4.23. The third-order valence-electron chi connectivity index (χ3n) is 3.69. The van der Waals surface area contributed by atoms with E-state index in [9.17, 15) is 9.59 Å². The number of hydrogen-bond donors (Lipinski definition) is 1. The van der Waals surface area contributed by atoms with Crippen LogP contribution < -0.4 is 10.3 Å². The third-order valence-corrected chi connectivity index (χ3v) is 3.69. The number of hydrogen-bond acceptors (Lipinski definition) is 4. The van der Waals surface area contributed by atoms with Gasteiger partial charge < -0.3 is 9.32 Å². The minimum Gasteiger partial charge on any atom is -0.460 e. The highest BCUT2D eigenvalue weighted by Crippen LogP contribution is 2.24. The van der Waals surface area contributed by atoms with Gasteiger partial charge in [-0.1, -0.05) is 18.2 Å². The fourth-order valence-electron chi connectivity index (χ4n) is 2.51. The Labute approximate surface area is 133 Å². The van der Waals surface area contributed by atoms with Crippen LogP contribution in [0.3, 0.4) is 0 Å². The van der Waals surface area contributed by atoms with Crippen molar-refractivity contribution in [1.29, 1.82) is 0 Å². The van der Waals surface area contributed by atoms with Crippen molar-refractivity contribution in [3.8, 4) is 0 Å². The van der Waals surface area contributed by atoms with Crippen LogP contribution in [0.1, 0.15) is 17.9 Å². The summed E-state index contributed by atoms with van der Waals surface area (Å²) in [5.41, 5.74) is 3.27. The van der Waals surface area contributed by atoms with Crippen LogP contribution in [0.2, 0.25) is 0 Å². The smallest absolute Gasteiger partial charge is 0.245 e. The standard InChI is InChI=1S/C17H17N3O3/c1-12-7-8-15(23-12)10-18-19-17(22)13-9-16(21)20(11-13)14-5-3-2-4-6-14/h2-8,10,13H,9,11H2,1H3,(H,19,22)/b18-10-/t13-/m0/s1. The number of benzene rings is 1. The number of para-hydroxylation sites is 1. The highest BCUT2D eigenvalue weighted by Gasteiger charge is 2.34. The van der Waals surface area contributed by atoms with Crippen LogP contribution in [0.4, 0.5) is 5.69 Å². The zero-order valence-electron chi connectivity index (χ0n) is 12.7. The summed E-state index contributed by atoms with van der Waals surface area (Å²) < 4.78 is 5.32. The quantitative estimate of drug-likeness (QED) is 0.694. The Balaban J connectivity index is 1.58. The molecular weight excluding hydrogens is 294 g/mol. The van der Waals surface area contributed by atoms with Gasteiger partial charge in [-0.2, -0.15) is 5.10 Å². The first-order valence-electron chi connectivity index (χ1n) is 7.38. The average molecular weight is 311 g/mol. The lowest BCUT2D eigenvalue weighted by Gasteiger charge is -2.16. The summed E-state index contributed by atoms with van der Waals surface area (Å²) >= 11 is 0. The maximum atomic E-state index is 12.1. The largest absolute Gasteiger partial charge is 0.460 e. The van der Waals surface area contributed by atoms with Gasteiger partial charge in [0, 0.05) is 18.7 Å². The normalized spacial score (nSPS) is 17.9. The molecule has 3 rings (SSSR count). The molecule has 0 radical (unpaired) electrons. The molecule has 0 unspecified atom stereocenters. The second kappa shape index (κ2) is 6.48. The monoisotopic (exact) mass is 311 g/mol. The number of hydrazone groups is 1. The molecule has 6 heteroatoms. The van der Waals surface area contributed by atoms with Crippen molar-refractivity contribution >= 4 is 23.7 Å². The molecule has 1 atom stereocenters. The number of amides is 2. The van der Waals surface area contributed by atoms with E-state index in [2.05, 4.69) is 10.5 Å². The molecule has 2 aromatic rings. The van der Waals surface area contributed by atoms with Gasteiger partial charge in [-0.3, -0.25) is 9.59 Å². The second-order valence-corrected chi connectivity index (χ2v) is 5.42. The minimum atomic E-state index is -0.404. The van der Waals surface area contributed by atoms with E-state index in [1.54, 1.807) is 11.0 Å². The summed E-state index contributed by atoms with van der Waals surface area (Å²) in [6.45, 7) is 2.20. The van der Waals surface area contributed by atoms with Crippen molar-refractivity contribution in [2.75, 3.05) is 11.4 Å². The average Bonchev–Trinajstić information content (AvgIpc) is 3.14. The molecular formula is C17H17N3O3. The maximum Gasteiger partial charge on any atom is 0.245 e. The van der Waals surface area contributed by atoms with Gasteiger partial charge in [0.25, 0.3) is 0 Å². The Morgan fingerprint density at radius 3 is 2.78 bits per heavy atom. The molecule has 1 aliphatic rings. The zero-order valence-corrected chi connectivity index (χ0v) is 12.7. The van der Waals surface area contributed by atoms with Crippen molar-refractivity contribution < 1.29 is 14.0 Å². The van der Waals surface area contributed by atoms with E-state index in [-0.39, 0.29) is 18.2 Å². The molecule has 1 fully saturated rings. The molecule has 118 valence electrons. The fourth-order valence-corrected chi connectivity index (χ4v) is 2.51. The van der Waals surface area contributed by atoms with E-state index in [1.807, 2.05) is 43.3 Å². The third kappa shape index (κ3) is 3.48. The van der Waals surface area contributed by atoms with Crippen LogP contribution in [0.5, 0.6) is 0 Å². The van der Waals surface area contributed by atoms with Crippen LogP contribution in [-0.2, 0) is 9.59 Å². The van der Waals surface area contributed by atoms with Crippen molar-refractivity contribution in [2.24, 2.45) is 11.0 Å². The van der Waals surface area contributed by atoms with E-state index < -0.39 is 5.92 Å². The van der Waals surface area contributed by atoms with Gasteiger partial charge in [-0.15, -0.1) is 0 Å². The van der Waals surface area contributed by atoms with Crippen molar-refractivity contribution in [1.82, 2.24) is 5.43 Å². The summed E-state index contributed by atoms with van der Waals surface area (Å²) in [7, 11) is 0. The first kappa shape index (κ1) is 15.0. The molecule has 1 aromatic carbocycles. The number of furan rings is 1. The molecule has 0 spiro atoms. The van der Waals surface area contributed by atoms with Gasteiger partial charge in [0.15, 0.2) is 0 Å². The van der Waals surface area contributed by atoms with E-state index in [0.29, 0.717) is 12.3 Å². The Bertz CT molecular complexity index is 737. The summed E-state index contributed by atoms with van der Waals surface area (Å²) in [5.74, 6) is 0.616. The molecule has 23 heavy (non-hydrogen) atoms. The van der Waals surface area contributed by atoms with Gasteiger partial charge in [0.1, 0.15) is 11.5 Å². The van der Waals surface area contributed by atoms with Gasteiger partial charge in [-0.05, 0) is 31.2 Å². The molecule has 1 N–H and O–H groups in total. The minimum absolute atomic E-state index is 0.0537. The number of carbonyl (C=O) groups is 2. The highest BCUT2D eigenvalue weighted by atomic mass is 16.3. The van der Waals surface area contributed by atoms with Crippen LogP contribution in [0.25, 0.3) is 0 Å². The second-order valence-electron chi connectivity index (χ2n) is 5.42. The Morgan fingerprint density at radius 2 is 2.09 bits per heavy atom. The molecule has 1 saturated heterocycles. The maximum absolute atomic E-state index is 12.1. The van der Waals surface area contributed by atoms with E-state index >= 15 is 0 Å². The van der Waals surface area contributed by atoms with Gasteiger partial charge in [0.2, 0.25) is 11.8 Å². The number of rotatable bonds is 4. The van der Waals surface area contributed by atoms with Crippen molar-refractivity contribution in [2.45, 2.75) is 13.3 Å². The SMILES string of the molecule is Cc1ccc(/C=N\NC(=O)[C@H]2CC(=O)N(c3ccccc3)C2)o1. The van der Waals surface area contributed by atoms with E-state index in [1.165, 1.54) is 6.21 Å². The lowest BCUT2D eigenvalue weighted by atomic mass is 10.1. The number of anilines is 1. The zero-order chi connectivity index (χ0) is 16.2. The molecule has 6 nitrogen and oxygen atoms in total. The van der Waals surface area contributed by atoms with Crippen molar-refractivity contribution in [3.63, 3.8) is 0 Å². The predicted molar refractivity (Wildman–Crippen MR) is 86.1 cm³/mol. The summed E-state index contributed by atoms with van der Waals surface area (Å²) in [6.07, 6.45) is 1.63. The van der Waals surface area contributed by atoms with Gasteiger partial charge in [0.05, 0.1) is 12.1 Å². The first-order valence-corrected chi connectivity index (χ1v) is 7.38. The predicted octanol–water partition coefficient (Wildman–Crippen LogP) is 2.09. The highest BCUT2D eigenvalue weighted by molar-refractivity contribution is 6.00. The number of nitrogens with zero attached hydrogens (tertiary/aromatic N) is 2. The summed E-state index contributed by atoms with van der Waals surface area (Å²) in [4.78, 5) is 25.8. The first-order chi connectivity index (χ1) is 11.1. The van der Waals surface area contributed by atoms with Gasteiger partial charge in [-0.25, -0.2) is 5.43 Å². The number of carbonyl (C=O) groups excluding carboxylic acids is 2. The molecule has 1 aromatic heterocycles. The molecule has 2 amide bonds. The van der Waals surface area contributed by atoms with Crippen LogP contribution in [0.15, 0.2) is 52.0 Å². The molecule has 0 aliphatic carbocycles. The lowest BCUT2D eigenvalue weighted by molar-refractivity contribution is -0.126. The van der Waals surface area contributed by atoms with Crippen LogP contribution >= 0.6 is 0 Å². The molecule has 0 saturated carbocycles. The fraction of sp³-hybridized carbons (Fsp3) is 0.235. The lowest BCUT2D eigenvalue weighted by Crippen LogP contribution is -2.30. The van der Waals surface area contributed by atoms with E-state index in [0.717, 1.165) is 11.4 Å². The number of aryl methyl sites for hydroxylation is 1. The Morgan fingerprint density at radius 1 is 1.30 bits per heavy atom. The molecule has 2 heterocycles. The summed E-state index contributed by atoms with van der Waals surface area (Å²) in [5, 5.41) is 3.87. The van der Waals surface area contributed by atoms with Gasteiger partial charge >= 0.3 is 0 Å².